The molecule has 0 atom stereocenters. The smallest absolute Gasteiger partial charge is 0.220 e. The van der Waals surface area contributed by atoms with Gasteiger partial charge >= 0.3 is 0 Å². The van der Waals surface area contributed by atoms with Crippen molar-refractivity contribution in [1.82, 2.24) is 9.97 Å². The molecule has 1 heterocycles. The Morgan fingerprint density at radius 1 is 1.23 bits per heavy atom. The number of rotatable bonds is 1. The van der Waals surface area contributed by atoms with Gasteiger partial charge in [-0.3, -0.25) is 4.79 Å². The summed E-state index contributed by atoms with van der Waals surface area (Å²) in [4.78, 5) is 18.7. The number of nitrogen functional groups attached to an aromatic ring is 1. The summed E-state index contributed by atoms with van der Waals surface area (Å²) in [6.07, 6.45) is 4.83. The number of carbonyl (C=O) groups excluding carboxylic acids is 1. The maximum atomic E-state index is 10.7. The predicted molar refractivity (Wildman–Crippen MR) is 48.5 cm³/mol. The largest absolute Gasteiger partial charge is 0.368 e. The van der Waals surface area contributed by atoms with Crippen molar-refractivity contribution in [2.24, 2.45) is 0 Å². The monoisotopic (exact) mass is 177 g/mol. The van der Waals surface area contributed by atoms with Crippen LogP contribution < -0.4 is 5.73 Å². The lowest BCUT2D eigenvalue weighted by Crippen LogP contribution is -2.12. The Morgan fingerprint density at radius 3 is 2.77 bits per heavy atom. The molecule has 0 saturated heterocycles. The molecule has 1 aromatic heterocycles. The van der Waals surface area contributed by atoms with Crippen LogP contribution in [0.25, 0.3) is 0 Å². The topological polar surface area (TPSA) is 68.9 Å². The number of hydrogen-bond acceptors (Lipinski definition) is 4. The van der Waals surface area contributed by atoms with Gasteiger partial charge in [-0.25, -0.2) is 9.97 Å². The van der Waals surface area contributed by atoms with Crippen molar-refractivity contribution < 1.29 is 4.79 Å². The first-order chi connectivity index (χ1) is 6.31. The SMILES string of the molecule is Nc1nc(C=O)c2c(n1)CCCC2. The summed E-state index contributed by atoms with van der Waals surface area (Å²) in [5.41, 5.74) is 7.91. The number of fused-ring (bicyclic) bond motifs is 1. The van der Waals surface area contributed by atoms with Crippen LogP contribution in [-0.2, 0) is 12.8 Å². The molecule has 68 valence electrons. The third-order valence-corrected chi connectivity index (χ3v) is 2.34. The molecule has 2 rings (SSSR count). The third kappa shape index (κ3) is 1.39. The van der Waals surface area contributed by atoms with E-state index in [1.807, 2.05) is 0 Å². The Bertz CT molecular complexity index is 349. The summed E-state index contributed by atoms with van der Waals surface area (Å²) in [5.74, 6) is 0.211. The fourth-order valence-electron chi connectivity index (χ4n) is 1.74. The molecule has 0 spiro atoms. The molecule has 0 aliphatic heterocycles. The van der Waals surface area contributed by atoms with Gasteiger partial charge in [0.25, 0.3) is 0 Å². The molecule has 4 heteroatoms. The van der Waals surface area contributed by atoms with E-state index >= 15 is 0 Å². The molecule has 0 amide bonds. The van der Waals surface area contributed by atoms with Crippen LogP contribution in [0, 0.1) is 0 Å². The second-order valence-corrected chi connectivity index (χ2v) is 3.22. The number of carbonyl (C=O) groups is 1. The molecule has 0 unspecified atom stereocenters. The minimum atomic E-state index is 0.211. The Balaban J connectivity index is 2.56. The molecule has 1 aliphatic carbocycles. The fourth-order valence-corrected chi connectivity index (χ4v) is 1.74. The number of nitrogens with two attached hydrogens (primary N) is 1. The van der Waals surface area contributed by atoms with Crippen molar-refractivity contribution in [2.75, 3.05) is 5.73 Å². The molecule has 13 heavy (non-hydrogen) atoms. The molecular formula is C9H11N3O. The van der Waals surface area contributed by atoms with Gasteiger partial charge in [-0.2, -0.15) is 0 Å². The van der Waals surface area contributed by atoms with Crippen LogP contribution in [0.3, 0.4) is 0 Å². The Kier molecular flexibility index (Phi) is 1.96. The first kappa shape index (κ1) is 8.16. The lowest BCUT2D eigenvalue weighted by molar-refractivity contribution is 0.111. The van der Waals surface area contributed by atoms with Gasteiger partial charge in [0.1, 0.15) is 5.69 Å². The molecule has 0 saturated carbocycles. The second kappa shape index (κ2) is 3.12. The molecule has 0 radical (unpaired) electrons. The lowest BCUT2D eigenvalue weighted by atomic mass is 9.95. The normalized spacial score (nSPS) is 15.1. The molecule has 1 aliphatic rings. The Morgan fingerprint density at radius 2 is 2.00 bits per heavy atom. The van der Waals surface area contributed by atoms with E-state index in [-0.39, 0.29) is 5.95 Å². The van der Waals surface area contributed by atoms with Gasteiger partial charge in [-0.15, -0.1) is 0 Å². The predicted octanol–water partition coefficient (Wildman–Crippen LogP) is 0.750. The molecule has 2 N–H and O–H groups in total. The maximum absolute atomic E-state index is 10.7. The highest BCUT2D eigenvalue weighted by atomic mass is 16.1. The first-order valence-electron chi connectivity index (χ1n) is 4.41. The van der Waals surface area contributed by atoms with Crippen molar-refractivity contribution >= 4 is 12.2 Å². The number of anilines is 1. The number of aldehydes is 1. The van der Waals surface area contributed by atoms with Gasteiger partial charge in [0.2, 0.25) is 5.95 Å². The molecule has 0 aromatic carbocycles. The Labute approximate surface area is 76.2 Å². The third-order valence-electron chi connectivity index (χ3n) is 2.34. The lowest BCUT2D eigenvalue weighted by Gasteiger charge is -2.15. The maximum Gasteiger partial charge on any atom is 0.220 e. The quantitative estimate of drug-likeness (QED) is 0.643. The van der Waals surface area contributed by atoms with Crippen LogP contribution in [-0.4, -0.2) is 16.3 Å². The second-order valence-electron chi connectivity index (χ2n) is 3.22. The minimum absolute atomic E-state index is 0.211. The zero-order valence-electron chi connectivity index (χ0n) is 7.29. The Hall–Kier alpha value is -1.45. The van der Waals surface area contributed by atoms with E-state index in [0.717, 1.165) is 43.2 Å². The van der Waals surface area contributed by atoms with E-state index in [9.17, 15) is 4.79 Å². The highest BCUT2D eigenvalue weighted by Gasteiger charge is 2.16. The molecule has 0 bridgehead atoms. The summed E-state index contributed by atoms with van der Waals surface area (Å²) >= 11 is 0. The summed E-state index contributed by atoms with van der Waals surface area (Å²) in [7, 11) is 0. The molecule has 0 fully saturated rings. The average Bonchev–Trinajstić information content (AvgIpc) is 2.16. The van der Waals surface area contributed by atoms with E-state index in [0.29, 0.717) is 5.69 Å². The van der Waals surface area contributed by atoms with E-state index in [1.54, 1.807) is 0 Å². The minimum Gasteiger partial charge on any atom is -0.368 e. The zero-order chi connectivity index (χ0) is 9.26. The highest BCUT2D eigenvalue weighted by molar-refractivity contribution is 5.75. The average molecular weight is 177 g/mol. The number of hydrogen-bond donors (Lipinski definition) is 1. The number of nitrogens with zero attached hydrogens (tertiary/aromatic N) is 2. The van der Waals surface area contributed by atoms with Crippen LogP contribution >= 0.6 is 0 Å². The highest BCUT2D eigenvalue weighted by Crippen LogP contribution is 2.21. The molecular weight excluding hydrogens is 166 g/mol. The first-order valence-corrected chi connectivity index (χ1v) is 4.41. The van der Waals surface area contributed by atoms with Crippen LogP contribution in [0.15, 0.2) is 0 Å². The van der Waals surface area contributed by atoms with Gasteiger partial charge in [0, 0.05) is 11.3 Å². The van der Waals surface area contributed by atoms with Gasteiger partial charge in [0.05, 0.1) is 0 Å². The summed E-state index contributed by atoms with van der Waals surface area (Å²) in [6, 6.07) is 0. The number of aromatic nitrogens is 2. The van der Waals surface area contributed by atoms with Gasteiger partial charge in [-0.1, -0.05) is 0 Å². The van der Waals surface area contributed by atoms with Crippen molar-refractivity contribution in [3.05, 3.63) is 17.0 Å². The van der Waals surface area contributed by atoms with Crippen LogP contribution in [0.4, 0.5) is 5.95 Å². The van der Waals surface area contributed by atoms with Crippen molar-refractivity contribution in [3.63, 3.8) is 0 Å². The fraction of sp³-hybridized carbons (Fsp3) is 0.444. The summed E-state index contributed by atoms with van der Waals surface area (Å²) in [6.45, 7) is 0. The summed E-state index contributed by atoms with van der Waals surface area (Å²) < 4.78 is 0. The van der Waals surface area contributed by atoms with Gasteiger partial charge in [0.15, 0.2) is 6.29 Å². The van der Waals surface area contributed by atoms with Crippen LogP contribution in [0.1, 0.15) is 34.6 Å². The zero-order valence-corrected chi connectivity index (χ0v) is 7.29. The molecule has 4 nitrogen and oxygen atoms in total. The molecule has 1 aromatic rings. The standard InChI is InChI=1S/C9H11N3O/c10-9-11-7-4-2-1-3-6(7)8(5-13)12-9/h5H,1-4H2,(H2,10,11,12). The van der Waals surface area contributed by atoms with Gasteiger partial charge < -0.3 is 5.73 Å². The van der Waals surface area contributed by atoms with Crippen molar-refractivity contribution in [1.29, 1.82) is 0 Å². The summed E-state index contributed by atoms with van der Waals surface area (Å²) in [5, 5.41) is 0. The van der Waals surface area contributed by atoms with E-state index < -0.39 is 0 Å². The number of aryl methyl sites for hydroxylation is 1. The van der Waals surface area contributed by atoms with Gasteiger partial charge in [-0.05, 0) is 25.7 Å². The van der Waals surface area contributed by atoms with Crippen LogP contribution in [0.2, 0.25) is 0 Å². The van der Waals surface area contributed by atoms with E-state index in [4.69, 9.17) is 5.73 Å². The van der Waals surface area contributed by atoms with Crippen molar-refractivity contribution in [3.8, 4) is 0 Å². The van der Waals surface area contributed by atoms with Crippen LogP contribution in [0.5, 0.6) is 0 Å². The van der Waals surface area contributed by atoms with Crippen molar-refractivity contribution in [2.45, 2.75) is 25.7 Å². The van der Waals surface area contributed by atoms with E-state index in [2.05, 4.69) is 9.97 Å². The van der Waals surface area contributed by atoms with E-state index in [1.165, 1.54) is 0 Å².